The number of tetrazole rings is 1. The summed E-state index contributed by atoms with van der Waals surface area (Å²) in [5.74, 6) is 0.499. The number of hydrogen-bond acceptors (Lipinski definition) is 5. The highest BCUT2D eigenvalue weighted by Gasteiger charge is 2.14. The summed E-state index contributed by atoms with van der Waals surface area (Å²) in [6.45, 7) is 2.84. The summed E-state index contributed by atoms with van der Waals surface area (Å²) in [6, 6.07) is 0. The van der Waals surface area contributed by atoms with Crippen molar-refractivity contribution in [3.63, 3.8) is 0 Å². The Kier molecular flexibility index (Phi) is 3.81. The molecule has 16 heavy (non-hydrogen) atoms. The zero-order valence-corrected chi connectivity index (χ0v) is 9.07. The smallest absolute Gasteiger partial charge is 0.292 e. The van der Waals surface area contributed by atoms with Crippen molar-refractivity contribution in [2.45, 2.75) is 19.3 Å². The van der Waals surface area contributed by atoms with Crippen LogP contribution < -0.4 is 10.6 Å². The second-order valence-corrected chi connectivity index (χ2v) is 3.99. The fraction of sp³-hybridized carbons (Fsp3) is 0.778. The Morgan fingerprint density at radius 1 is 1.56 bits per heavy atom. The quantitative estimate of drug-likeness (QED) is 0.629. The maximum atomic E-state index is 11.4. The van der Waals surface area contributed by atoms with Crippen molar-refractivity contribution in [1.29, 1.82) is 0 Å². The van der Waals surface area contributed by atoms with Crippen molar-refractivity contribution < 1.29 is 4.79 Å². The van der Waals surface area contributed by atoms with Gasteiger partial charge in [0, 0.05) is 6.54 Å². The third-order valence-electron chi connectivity index (χ3n) is 2.79. The molecule has 0 aromatic carbocycles. The van der Waals surface area contributed by atoms with Crippen molar-refractivity contribution >= 4 is 5.91 Å². The number of carbonyl (C=O) groups excluding carboxylic acids is 1. The fourth-order valence-corrected chi connectivity index (χ4v) is 1.90. The van der Waals surface area contributed by atoms with Gasteiger partial charge in [-0.15, -0.1) is 10.2 Å². The van der Waals surface area contributed by atoms with E-state index < -0.39 is 0 Å². The molecule has 2 rings (SSSR count). The minimum atomic E-state index is -0.266. The molecule has 0 aliphatic carbocycles. The molecule has 3 N–H and O–H groups in total. The van der Waals surface area contributed by atoms with Gasteiger partial charge >= 0.3 is 0 Å². The lowest BCUT2D eigenvalue weighted by atomic mass is 9.96. The number of nitrogens with zero attached hydrogens (tertiary/aromatic N) is 3. The van der Waals surface area contributed by atoms with Gasteiger partial charge in [0.2, 0.25) is 0 Å². The Bertz CT molecular complexity index is 319. The summed E-state index contributed by atoms with van der Waals surface area (Å²) in [5, 5.41) is 18.9. The zero-order valence-electron chi connectivity index (χ0n) is 9.07. The Morgan fingerprint density at radius 3 is 3.19 bits per heavy atom. The summed E-state index contributed by atoms with van der Waals surface area (Å²) in [6.07, 6.45) is 3.46. The number of piperidine rings is 1. The second kappa shape index (κ2) is 5.55. The van der Waals surface area contributed by atoms with Gasteiger partial charge in [-0.2, -0.15) is 5.21 Å². The zero-order chi connectivity index (χ0) is 11.2. The van der Waals surface area contributed by atoms with Crippen LogP contribution in [0.3, 0.4) is 0 Å². The summed E-state index contributed by atoms with van der Waals surface area (Å²) < 4.78 is 0. The van der Waals surface area contributed by atoms with Crippen LogP contribution in [0.4, 0.5) is 0 Å². The molecular weight excluding hydrogens is 208 g/mol. The molecular formula is C9H16N6O. The molecule has 7 heteroatoms. The molecule has 1 aromatic heterocycles. The number of carbonyl (C=O) groups is 1. The first-order valence-corrected chi connectivity index (χ1v) is 5.58. The van der Waals surface area contributed by atoms with E-state index in [1.165, 1.54) is 12.8 Å². The first-order valence-electron chi connectivity index (χ1n) is 5.58. The van der Waals surface area contributed by atoms with Crippen LogP contribution in [0, 0.1) is 5.92 Å². The number of aromatic nitrogens is 4. The molecule has 1 aliphatic heterocycles. The van der Waals surface area contributed by atoms with Gasteiger partial charge in [0.05, 0.1) is 0 Å². The third kappa shape index (κ3) is 2.99. The molecule has 88 valence electrons. The summed E-state index contributed by atoms with van der Waals surface area (Å²) in [7, 11) is 0. The molecule has 0 spiro atoms. The standard InChI is InChI=1S/C9H16N6O/c16-9(8-12-14-15-13-8)11-5-3-7-2-1-4-10-6-7/h7,10H,1-6H2,(H,11,16)(H,12,13,14,15). The Balaban J connectivity index is 1.66. The average molecular weight is 224 g/mol. The van der Waals surface area contributed by atoms with Crippen LogP contribution in [0.2, 0.25) is 0 Å². The lowest BCUT2D eigenvalue weighted by Crippen LogP contribution is -2.33. The number of aromatic amines is 1. The largest absolute Gasteiger partial charge is 0.349 e. The lowest BCUT2D eigenvalue weighted by Gasteiger charge is -2.22. The van der Waals surface area contributed by atoms with Gasteiger partial charge in [-0.1, -0.05) is 0 Å². The van der Waals surface area contributed by atoms with Crippen LogP contribution in [0.5, 0.6) is 0 Å². The van der Waals surface area contributed by atoms with E-state index in [1.54, 1.807) is 0 Å². The molecule has 1 amide bonds. The minimum absolute atomic E-state index is 0.0989. The maximum absolute atomic E-state index is 11.4. The van der Waals surface area contributed by atoms with Gasteiger partial charge in [0.25, 0.3) is 11.7 Å². The van der Waals surface area contributed by atoms with E-state index in [4.69, 9.17) is 0 Å². The Morgan fingerprint density at radius 2 is 2.50 bits per heavy atom. The normalized spacial score (nSPS) is 20.6. The lowest BCUT2D eigenvalue weighted by molar-refractivity contribution is 0.0940. The van der Waals surface area contributed by atoms with Crippen LogP contribution in [-0.4, -0.2) is 46.2 Å². The number of nitrogens with one attached hydrogen (secondary N) is 3. The predicted octanol–water partition coefficient (Wildman–Crippen LogP) is -0.681. The van der Waals surface area contributed by atoms with Crippen molar-refractivity contribution in [3.8, 4) is 0 Å². The van der Waals surface area contributed by atoms with Crippen LogP contribution >= 0.6 is 0 Å². The minimum Gasteiger partial charge on any atom is -0.349 e. The topological polar surface area (TPSA) is 95.6 Å². The van der Waals surface area contributed by atoms with E-state index in [-0.39, 0.29) is 11.7 Å². The van der Waals surface area contributed by atoms with Gasteiger partial charge in [-0.05, 0) is 43.5 Å². The molecule has 7 nitrogen and oxygen atoms in total. The van der Waals surface area contributed by atoms with Gasteiger partial charge in [-0.3, -0.25) is 4.79 Å². The van der Waals surface area contributed by atoms with Gasteiger partial charge in [0.1, 0.15) is 0 Å². The molecule has 0 radical (unpaired) electrons. The van der Waals surface area contributed by atoms with Crippen LogP contribution in [-0.2, 0) is 0 Å². The third-order valence-corrected chi connectivity index (χ3v) is 2.79. The fourth-order valence-electron chi connectivity index (χ4n) is 1.90. The molecule has 1 atom stereocenters. The van der Waals surface area contributed by atoms with Crippen molar-refractivity contribution in [3.05, 3.63) is 5.82 Å². The molecule has 1 aliphatic rings. The van der Waals surface area contributed by atoms with E-state index in [0.29, 0.717) is 12.5 Å². The van der Waals surface area contributed by atoms with Crippen LogP contribution in [0.1, 0.15) is 29.9 Å². The molecule has 0 bridgehead atoms. The van der Waals surface area contributed by atoms with E-state index >= 15 is 0 Å². The molecule has 1 aromatic rings. The summed E-state index contributed by atoms with van der Waals surface area (Å²) in [4.78, 5) is 11.4. The highest BCUT2D eigenvalue weighted by molar-refractivity contribution is 5.89. The summed E-state index contributed by atoms with van der Waals surface area (Å²) in [5.41, 5.74) is 0. The van der Waals surface area contributed by atoms with Gasteiger partial charge in [0.15, 0.2) is 0 Å². The van der Waals surface area contributed by atoms with Gasteiger partial charge in [-0.25, -0.2) is 0 Å². The molecule has 1 saturated heterocycles. The molecule has 1 unspecified atom stereocenters. The predicted molar refractivity (Wildman–Crippen MR) is 56.7 cm³/mol. The number of rotatable bonds is 4. The number of H-pyrrole nitrogens is 1. The van der Waals surface area contributed by atoms with Crippen molar-refractivity contribution in [2.24, 2.45) is 5.92 Å². The highest BCUT2D eigenvalue weighted by atomic mass is 16.2. The highest BCUT2D eigenvalue weighted by Crippen LogP contribution is 2.12. The SMILES string of the molecule is O=C(NCCC1CCCNC1)c1nn[nH]n1. The molecule has 1 fully saturated rings. The number of amides is 1. The molecule has 2 heterocycles. The average Bonchev–Trinajstić information content (AvgIpc) is 2.84. The van der Waals surface area contributed by atoms with Crippen LogP contribution in [0.25, 0.3) is 0 Å². The second-order valence-electron chi connectivity index (χ2n) is 3.99. The molecule has 0 saturated carbocycles. The van der Waals surface area contributed by atoms with Crippen molar-refractivity contribution in [2.75, 3.05) is 19.6 Å². The summed E-state index contributed by atoms with van der Waals surface area (Å²) >= 11 is 0. The van der Waals surface area contributed by atoms with E-state index in [9.17, 15) is 4.79 Å². The van der Waals surface area contributed by atoms with E-state index in [2.05, 4.69) is 31.3 Å². The Labute approximate surface area is 93.4 Å². The Hall–Kier alpha value is -1.50. The van der Waals surface area contributed by atoms with E-state index in [0.717, 1.165) is 19.5 Å². The first kappa shape index (κ1) is 11.0. The number of hydrogen-bond donors (Lipinski definition) is 3. The van der Waals surface area contributed by atoms with Gasteiger partial charge < -0.3 is 10.6 Å². The maximum Gasteiger partial charge on any atom is 0.292 e. The van der Waals surface area contributed by atoms with E-state index in [1.807, 2.05) is 0 Å². The van der Waals surface area contributed by atoms with Crippen molar-refractivity contribution in [1.82, 2.24) is 31.3 Å². The first-order chi connectivity index (χ1) is 7.86. The monoisotopic (exact) mass is 224 g/mol. The van der Waals surface area contributed by atoms with Crippen LogP contribution in [0.15, 0.2) is 0 Å².